The summed E-state index contributed by atoms with van der Waals surface area (Å²) in [5.74, 6) is 0.738. The molecule has 1 aliphatic heterocycles. The minimum Gasteiger partial charge on any atom is -0.298 e. The minimum atomic E-state index is -0.882. The maximum Gasteiger partial charge on any atom is 0.176 e. The van der Waals surface area contributed by atoms with Crippen molar-refractivity contribution in [2.75, 3.05) is 6.54 Å². The highest BCUT2D eigenvalue weighted by Gasteiger charge is 2.67. The Morgan fingerprint density at radius 3 is 2.54 bits per heavy atom. The molecule has 4 heteroatoms. The maximum atomic E-state index is 13.8. The van der Waals surface area contributed by atoms with Gasteiger partial charge in [-0.1, -0.05) is 25.5 Å². The van der Waals surface area contributed by atoms with Gasteiger partial charge >= 0.3 is 0 Å². The lowest BCUT2D eigenvalue weighted by Crippen LogP contribution is -2.58. The Kier molecular flexibility index (Phi) is 4.29. The van der Waals surface area contributed by atoms with Gasteiger partial charge in [0.15, 0.2) is 5.78 Å². The number of hydrogen-bond acceptors (Lipinski definition) is 4. The van der Waals surface area contributed by atoms with Crippen molar-refractivity contribution in [2.45, 2.75) is 65.8 Å². The molecule has 0 amide bonds. The molecule has 0 aromatic rings. The monoisotopic (exact) mass is 330 g/mol. The summed E-state index contributed by atoms with van der Waals surface area (Å²) in [4.78, 5) is 27.3. The molecule has 4 nitrogen and oxygen atoms in total. The molecule has 0 unspecified atom stereocenters. The van der Waals surface area contributed by atoms with Crippen LogP contribution in [-0.2, 0) is 9.59 Å². The summed E-state index contributed by atoms with van der Waals surface area (Å²) in [7, 11) is 0. The van der Waals surface area contributed by atoms with E-state index in [1.54, 1.807) is 0 Å². The number of carbonyl (C=O) groups excluding carboxylic acids is 2. The van der Waals surface area contributed by atoms with Crippen molar-refractivity contribution >= 4 is 11.6 Å². The number of carbonyl (C=O) groups is 2. The second kappa shape index (κ2) is 5.89. The van der Waals surface area contributed by atoms with Crippen molar-refractivity contribution in [1.82, 2.24) is 0 Å². The van der Waals surface area contributed by atoms with Crippen LogP contribution in [0.2, 0.25) is 0 Å². The van der Waals surface area contributed by atoms with Crippen LogP contribution in [0, 0.1) is 29.1 Å². The molecule has 2 fully saturated rings. The first-order chi connectivity index (χ1) is 11.2. The van der Waals surface area contributed by atoms with Crippen molar-refractivity contribution in [3.8, 4) is 0 Å². The summed E-state index contributed by atoms with van der Waals surface area (Å²) in [5, 5.41) is 8.39. The predicted molar refractivity (Wildman–Crippen MR) is 93.8 cm³/mol. The fourth-order valence-electron chi connectivity index (χ4n) is 5.50. The van der Waals surface area contributed by atoms with Crippen molar-refractivity contribution in [2.24, 2.45) is 39.3 Å². The van der Waals surface area contributed by atoms with Gasteiger partial charge in [0.2, 0.25) is 0 Å². The number of allylic oxidation sites excluding steroid dienone is 2. The molecule has 0 radical (unpaired) electrons. The van der Waals surface area contributed by atoms with Gasteiger partial charge in [-0.3, -0.25) is 9.59 Å². The summed E-state index contributed by atoms with van der Waals surface area (Å²) in [6, 6.07) is 0. The van der Waals surface area contributed by atoms with Crippen LogP contribution in [-0.4, -0.2) is 23.7 Å². The molecule has 6 atom stereocenters. The minimum absolute atomic E-state index is 0.0119. The molecule has 0 aromatic carbocycles. The molecule has 0 N–H and O–H groups in total. The Morgan fingerprint density at radius 2 is 1.96 bits per heavy atom. The third kappa shape index (κ3) is 2.33. The molecule has 0 aromatic heterocycles. The van der Waals surface area contributed by atoms with Gasteiger partial charge in [0.25, 0.3) is 0 Å². The lowest BCUT2D eigenvalue weighted by atomic mass is 9.54. The van der Waals surface area contributed by atoms with E-state index in [-0.39, 0.29) is 29.3 Å². The van der Waals surface area contributed by atoms with E-state index >= 15 is 0 Å². The number of nitrogens with zero attached hydrogens (tertiary/aromatic N) is 2. The van der Waals surface area contributed by atoms with Crippen LogP contribution in [0.15, 0.2) is 21.9 Å². The second-order valence-corrected chi connectivity index (χ2v) is 8.70. The fraction of sp³-hybridized carbons (Fsp3) is 0.800. The topological polar surface area (TPSA) is 58.9 Å². The average molecular weight is 330 g/mol. The third-order valence-corrected chi connectivity index (χ3v) is 6.64. The Morgan fingerprint density at radius 1 is 1.25 bits per heavy atom. The zero-order chi connectivity index (χ0) is 17.7. The van der Waals surface area contributed by atoms with Gasteiger partial charge in [-0.15, -0.1) is 0 Å². The summed E-state index contributed by atoms with van der Waals surface area (Å²) < 4.78 is 0. The van der Waals surface area contributed by atoms with Crippen molar-refractivity contribution in [1.29, 1.82) is 0 Å². The maximum absolute atomic E-state index is 13.8. The predicted octanol–water partition coefficient (Wildman–Crippen LogP) is 4.39. The first-order valence-electron chi connectivity index (χ1n) is 9.36. The smallest absolute Gasteiger partial charge is 0.176 e. The molecule has 0 spiro atoms. The van der Waals surface area contributed by atoms with E-state index in [1.807, 2.05) is 13.8 Å². The molecule has 24 heavy (non-hydrogen) atoms. The highest BCUT2D eigenvalue weighted by molar-refractivity contribution is 6.13. The Bertz CT molecular complexity index is 619. The van der Waals surface area contributed by atoms with Crippen molar-refractivity contribution < 1.29 is 9.59 Å². The summed E-state index contributed by atoms with van der Waals surface area (Å²) in [5.41, 5.74) is -0.515. The van der Waals surface area contributed by atoms with E-state index in [0.717, 1.165) is 19.3 Å². The molecule has 0 saturated heterocycles. The number of ketones is 2. The molecule has 3 aliphatic rings. The lowest BCUT2D eigenvalue weighted by molar-refractivity contribution is -0.154. The largest absolute Gasteiger partial charge is 0.298 e. The fourth-order valence-corrected chi connectivity index (χ4v) is 5.50. The van der Waals surface area contributed by atoms with Crippen LogP contribution in [0.1, 0.15) is 60.3 Å². The van der Waals surface area contributed by atoms with Crippen LogP contribution in [0.5, 0.6) is 0 Å². The SMILES string of the molecule is CC(C)=C[C@@H]1C[C@H](C)[C@H]2CC[C@H](C)C(=O)[C@@]12C(=O)[C@@]1(C)CCN=N1. The summed E-state index contributed by atoms with van der Waals surface area (Å²) in [6.45, 7) is 10.8. The van der Waals surface area contributed by atoms with Crippen LogP contribution in [0.3, 0.4) is 0 Å². The highest BCUT2D eigenvalue weighted by atomic mass is 16.2. The Hall–Kier alpha value is -1.32. The van der Waals surface area contributed by atoms with Gasteiger partial charge < -0.3 is 0 Å². The van der Waals surface area contributed by atoms with Crippen LogP contribution in [0.25, 0.3) is 0 Å². The molecule has 1 heterocycles. The van der Waals surface area contributed by atoms with E-state index in [1.165, 1.54) is 5.57 Å². The summed E-state index contributed by atoms with van der Waals surface area (Å²) in [6.07, 6.45) is 5.62. The van der Waals surface area contributed by atoms with Gasteiger partial charge in [-0.05, 0) is 57.8 Å². The van der Waals surface area contributed by atoms with Crippen molar-refractivity contribution in [3.63, 3.8) is 0 Å². The highest BCUT2D eigenvalue weighted by Crippen LogP contribution is 2.60. The molecule has 2 aliphatic carbocycles. The van der Waals surface area contributed by atoms with Gasteiger partial charge in [0, 0.05) is 12.3 Å². The third-order valence-electron chi connectivity index (χ3n) is 6.64. The first-order valence-corrected chi connectivity index (χ1v) is 9.36. The summed E-state index contributed by atoms with van der Waals surface area (Å²) >= 11 is 0. The second-order valence-electron chi connectivity index (χ2n) is 8.70. The van der Waals surface area contributed by atoms with Gasteiger partial charge in [-0.25, -0.2) is 0 Å². The van der Waals surface area contributed by atoms with Gasteiger partial charge in [0.05, 0.1) is 12.0 Å². The molecular formula is C20H30N2O2. The van der Waals surface area contributed by atoms with E-state index in [9.17, 15) is 9.59 Å². The van der Waals surface area contributed by atoms with E-state index < -0.39 is 11.0 Å². The standard InChI is InChI=1S/C20H30N2O2/c1-12(2)10-15-11-14(4)16-7-6-13(3)17(23)20(15,16)18(24)19(5)8-9-21-22-19/h10,13-16H,6-9,11H2,1-5H3/t13-,14-,15+,16+,19+,20+/m0/s1. The quantitative estimate of drug-likeness (QED) is 0.569. The van der Waals surface area contributed by atoms with E-state index in [4.69, 9.17) is 0 Å². The zero-order valence-electron chi connectivity index (χ0n) is 15.6. The van der Waals surface area contributed by atoms with E-state index in [0.29, 0.717) is 18.9 Å². The van der Waals surface area contributed by atoms with E-state index in [2.05, 4.69) is 37.1 Å². The molecule has 3 rings (SSSR count). The first kappa shape index (κ1) is 17.5. The normalized spacial score (nSPS) is 44.5. The molecule has 2 saturated carbocycles. The van der Waals surface area contributed by atoms with Crippen LogP contribution < -0.4 is 0 Å². The number of fused-ring (bicyclic) bond motifs is 1. The van der Waals surface area contributed by atoms with Crippen LogP contribution in [0.4, 0.5) is 0 Å². The molecular weight excluding hydrogens is 300 g/mol. The Balaban J connectivity index is 2.16. The number of azo groups is 1. The Labute approximate surface area is 145 Å². The number of Topliss-reactive ketones (excluding diaryl/α,β-unsaturated/α-hetero) is 2. The van der Waals surface area contributed by atoms with Gasteiger partial charge in [0.1, 0.15) is 11.3 Å². The lowest BCUT2D eigenvalue weighted by Gasteiger charge is -2.45. The van der Waals surface area contributed by atoms with Crippen molar-refractivity contribution in [3.05, 3.63) is 11.6 Å². The van der Waals surface area contributed by atoms with Gasteiger partial charge in [-0.2, -0.15) is 10.2 Å². The average Bonchev–Trinajstić information content (AvgIpc) is 3.06. The van der Waals surface area contributed by atoms with Crippen LogP contribution >= 0.6 is 0 Å². The number of rotatable bonds is 3. The molecule has 0 bridgehead atoms. The number of hydrogen-bond donors (Lipinski definition) is 0. The zero-order valence-corrected chi connectivity index (χ0v) is 15.6. The molecule has 132 valence electrons.